The summed E-state index contributed by atoms with van der Waals surface area (Å²) in [6, 6.07) is 7.72. The summed E-state index contributed by atoms with van der Waals surface area (Å²) in [5.41, 5.74) is 1.80. The van der Waals surface area contributed by atoms with Gasteiger partial charge in [-0.25, -0.2) is 4.99 Å². The fraction of sp³-hybridized carbons (Fsp3) is 0.619. The van der Waals surface area contributed by atoms with Gasteiger partial charge in [0.15, 0.2) is 5.96 Å². The first-order valence-corrected chi connectivity index (χ1v) is 11.1. The number of rotatable bonds is 9. The molecular formula is C21H34N4OS. The Hall–Kier alpha value is -1.69. The fourth-order valence-electron chi connectivity index (χ4n) is 3.00. The number of aliphatic imine (C=N–C) groups is 1. The maximum Gasteiger partial charge on any atom is 0.251 e. The maximum atomic E-state index is 12.1. The predicted molar refractivity (Wildman–Crippen MR) is 117 cm³/mol. The Balaban J connectivity index is 1.87. The third-order valence-electron chi connectivity index (χ3n) is 4.73. The van der Waals surface area contributed by atoms with Gasteiger partial charge in [-0.05, 0) is 56.6 Å². The second kappa shape index (κ2) is 11.2. The molecule has 1 unspecified atom stereocenters. The van der Waals surface area contributed by atoms with Crippen LogP contribution in [0.15, 0.2) is 29.3 Å². The van der Waals surface area contributed by atoms with Crippen LogP contribution < -0.4 is 16.0 Å². The molecule has 5 nitrogen and oxygen atoms in total. The largest absolute Gasteiger partial charge is 0.357 e. The van der Waals surface area contributed by atoms with Gasteiger partial charge in [0, 0.05) is 29.9 Å². The first kappa shape index (κ1) is 21.6. The van der Waals surface area contributed by atoms with Gasteiger partial charge in [-0.1, -0.05) is 25.5 Å². The van der Waals surface area contributed by atoms with Crippen LogP contribution in [0.4, 0.5) is 0 Å². The Labute approximate surface area is 168 Å². The number of nitrogens with one attached hydrogen (secondary N) is 3. The lowest BCUT2D eigenvalue weighted by atomic mass is 10.1. The zero-order valence-electron chi connectivity index (χ0n) is 16.9. The van der Waals surface area contributed by atoms with E-state index in [1.807, 2.05) is 36.0 Å². The summed E-state index contributed by atoms with van der Waals surface area (Å²) in [7, 11) is 0. The highest BCUT2D eigenvalue weighted by Crippen LogP contribution is 2.36. The minimum Gasteiger partial charge on any atom is -0.357 e. The van der Waals surface area contributed by atoms with E-state index in [-0.39, 0.29) is 5.91 Å². The van der Waals surface area contributed by atoms with Crippen molar-refractivity contribution in [3.8, 4) is 0 Å². The zero-order chi connectivity index (χ0) is 19.5. The molecule has 0 aliphatic carbocycles. The molecule has 1 fully saturated rings. The minimum atomic E-state index is -0.00388. The van der Waals surface area contributed by atoms with Crippen molar-refractivity contribution in [2.45, 2.75) is 57.7 Å². The topological polar surface area (TPSA) is 65.5 Å². The maximum absolute atomic E-state index is 12.1. The number of thioether (sulfide) groups is 1. The number of unbranched alkanes of at least 4 members (excludes halogenated alkanes) is 1. The molecule has 1 aliphatic heterocycles. The van der Waals surface area contributed by atoms with Crippen LogP contribution in [-0.4, -0.2) is 42.0 Å². The lowest BCUT2D eigenvalue weighted by Crippen LogP contribution is -2.43. The van der Waals surface area contributed by atoms with Gasteiger partial charge >= 0.3 is 0 Å². The SMILES string of the molecule is CCCCNC(=O)c1ccc(CN=C(NCC)NCC2(C)CCCS2)cc1. The summed E-state index contributed by atoms with van der Waals surface area (Å²) in [4.78, 5) is 16.8. The fourth-order valence-corrected chi connectivity index (χ4v) is 4.25. The Bertz CT molecular complexity index is 609. The van der Waals surface area contributed by atoms with Crippen molar-refractivity contribution in [3.05, 3.63) is 35.4 Å². The van der Waals surface area contributed by atoms with E-state index in [0.29, 0.717) is 16.9 Å². The molecule has 3 N–H and O–H groups in total. The summed E-state index contributed by atoms with van der Waals surface area (Å²) >= 11 is 2.05. The molecule has 2 rings (SSSR count). The number of hydrogen-bond donors (Lipinski definition) is 3. The number of guanidine groups is 1. The lowest BCUT2D eigenvalue weighted by molar-refractivity contribution is 0.0953. The summed E-state index contributed by atoms with van der Waals surface area (Å²) < 4.78 is 0.309. The van der Waals surface area contributed by atoms with Gasteiger partial charge < -0.3 is 16.0 Å². The third kappa shape index (κ3) is 7.45. The number of carbonyl (C=O) groups is 1. The summed E-state index contributed by atoms with van der Waals surface area (Å²) in [6.45, 7) is 9.62. The van der Waals surface area contributed by atoms with Gasteiger partial charge in [0.05, 0.1) is 6.54 Å². The molecule has 1 saturated heterocycles. The van der Waals surface area contributed by atoms with Crippen molar-refractivity contribution in [2.24, 2.45) is 4.99 Å². The van der Waals surface area contributed by atoms with E-state index in [1.165, 1.54) is 18.6 Å². The molecule has 1 aliphatic rings. The highest BCUT2D eigenvalue weighted by atomic mass is 32.2. The summed E-state index contributed by atoms with van der Waals surface area (Å²) in [5.74, 6) is 2.10. The van der Waals surface area contributed by atoms with Crippen LogP contribution in [0.5, 0.6) is 0 Å². The van der Waals surface area contributed by atoms with E-state index in [1.54, 1.807) is 0 Å². The number of benzene rings is 1. The van der Waals surface area contributed by atoms with Crippen molar-refractivity contribution in [1.82, 2.24) is 16.0 Å². The molecule has 1 atom stereocenters. The van der Waals surface area contributed by atoms with Crippen LogP contribution in [0.25, 0.3) is 0 Å². The average molecular weight is 391 g/mol. The van der Waals surface area contributed by atoms with Crippen LogP contribution in [0.3, 0.4) is 0 Å². The predicted octanol–water partition coefficient (Wildman–Crippen LogP) is 3.56. The minimum absolute atomic E-state index is 0.00388. The van der Waals surface area contributed by atoms with E-state index < -0.39 is 0 Å². The Morgan fingerprint density at radius 2 is 1.96 bits per heavy atom. The smallest absolute Gasteiger partial charge is 0.251 e. The van der Waals surface area contributed by atoms with Crippen molar-refractivity contribution in [1.29, 1.82) is 0 Å². The van der Waals surface area contributed by atoms with Gasteiger partial charge in [-0.3, -0.25) is 4.79 Å². The molecule has 27 heavy (non-hydrogen) atoms. The van der Waals surface area contributed by atoms with Gasteiger partial charge in [0.1, 0.15) is 0 Å². The normalized spacial score (nSPS) is 19.7. The highest BCUT2D eigenvalue weighted by Gasteiger charge is 2.29. The summed E-state index contributed by atoms with van der Waals surface area (Å²) in [5, 5.41) is 9.75. The molecule has 0 bridgehead atoms. The molecule has 150 valence electrons. The highest BCUT2D eigenvalue weighted by molar-refractivity contribution is 8.00. The standard InChI is InChI=1S/C21H34N4OS/c1-4-6-13-23-19(26)18-10-8-17(9-11-18)15-24-20(22-5-2)25-16-21(3)12-7-14-27-21/h8-11H,4-7,12-16H2,1-3H3,(H,23,26)(H2,22,24,25). The molecular weight excluding hydrogens is 356 g/mol. The Morgan fingerprint density at radius 3 is 2.59 bits per heavy atom. The van der Waals surface area contributed by atoms with Crippen LogP contribution in [0, 0.1) is 0 Å². The third-order valence-corrected chi connectivity index (χ3v) is 6.26. The number of carbonyl (C=O) groups excluding carboxylic acids is 1. The second-order valence-corrected chi connectivity index (χ2v) is 8.94. The molecule has 0 saturated carbocycles. The Kier molecular flexibility index (Phi) is 8.98. The van der Waals surface area contributed by atoms with Crippen LogP contribution in [0.1, 0.15) is 62.4 Å². The van der Waals surface area contributed by atoms with Gasteiger partial charge in [0.2, 0.25) is 0 Å². The Morgan fingerprint density at radius 1 is 1.19 bits per heavy atom. The molecule has 1 aromatic carbocycles. The van der Waals surface area contributed by atoms with E-state index in [2.05, 4.69) is 36.7 Å². The molecule has 0 aromatic heterocycles. The lowest BCUT2D eigenvalue weighted by Gasteiger charge is -2.24. The number of nitrogens with zero attached hydrogens (tertiary/aromatic N) is 1. The van der Waals surface area contributed by atoms with Crippen LogP contribution >= 0.6 is 11.8 Å². The summed E-state index contributed by atoms with van der Waals surface area (Å²) in [6.07, 6.45) is 4.65. The quantitative estimate of drug-likeness (QED) is 0.343. The van der Waals surface area contributed by atoms with Gasteiger partial charge in [-0.2, -0.15) is 11.8 Å². The van der Waals surface area contributed by atoms with E-state index >= 15 is 0 Å². The zero-order valence-corrected chi connectivity index (χ0v) is 17.8. The van der Waals surface area contributed by atoms with E-state index in [0.717, 1.165) is 44.0 Å². The number of amides is 1. The van der Waals surface area contributed by atoms with Gasteiger partial charge in [0.25, 0.3) is 5.91 Å². The van der Waals surface area contributed by atoms with Gasteiger partial charge in [-0.15, -0.1) is 0 Å². The molecule has 6 heteroatoms. The first-order valence-electron chi connectivity index (χ1n) is 10.1. The van der Waals surface area contributed by atoms with Crippen molar-refractivity contribution in [3.63, 3.8) is 0 Å². The van der Waals surface area contributed by atoms with E-state index in [4.69, 9.17) is 4.99 Å². The number of hydrogen-bond acceptors (Lipinski definition) is 3. The van der Waals surface area contributed by atoms with Crippen LogP contribution in [-0.2, 0) is 6.54 Å². The van der Waals surface area contributed by atoms with E-state index in [9.17, 15) is 4.79 Å². The first-order chi connectivity index (χ1) is 13.1. The molecule has 1 aromatic rings. The molecule has 1 amide bonds. The van der Waals surface area contributed by atoms with Crippen LogP contribution in [0.2, 0.25) is 0 Å². The molecule has 0 radical (unpaired) electrons. The average Bonchev–Trinajstić information content (AvgIpc) is 3.11. The molecule has 0 spiro atoms. The van der Waals surface area contributed by atoms with Crippen molar-refractivity contribution >= 4 is 23.6 Å². The van der Waals surface area contributed by atoms with Crippen molar-refractivity contribution < 1.29 is 4.79 Å². The second-order valence-electron chi connectivity index (χ2n) is 7.26. The van der Waals surface area contributed by atoms with Crippen molar-refractivity contribution in [2.75, 3.05) is 25.4 Å². The monoisotopic (exact) mass is 390 g/mol. The molecule has 1 heterocycles.